The first-order valence-electron chi connectivity index (χ1n) is 12.2. The summed E-state index contributed by atoms with van der Waals surface area (Å²) < 4.78 is 17.1. The maximum absolute atomic E-state index is 5.80. The van der Waals surface area contributed by atoms with E-state index in [1.54, 1.807) is 0 Å². The number of rotatable bonds is 8. The van der Waals surface area contributed by atoms with Gasteiger partial charge in [-0.25, -0.2) is 0 Å². The summed E-state index contributed by atoms with van der Waals surface area (Å²) in [6.45, 7) is 23.1. The Labute approximate surface area is 185 Å². The van der Waals surface area contributed by atoms with E-state index in [1.807, 2.05) is 0 Å². The molecule has 0 N–H and O–H groups in total. The van der Waals surface area contributed by atoms with Crippen LogP contribution in [0.15, 0.2) is 12.2 Å². The number of hydrogen-bond acceptors (Lipinski definition) is 5. The predicted molar refractivity (Wildman–Crippen MR) is 123 cm³/mol. The fourth-order valence-electron chi connectivity index (χ4n) is 5.06. The van der Waals surface area contributed by atoms with Gasteiger partial charge in [0.15, 0.2) is 0 Å². The fourth-order valence-corrected chi connectivity index (χ4v) is 5.06. The van der Waals surface area contributed by atoms with E-state index in [0.29, 0.717) is 29.2 Å². The summed E-state index contributed by atoms with van der Waals surface area (Å²) in [5, 5.41) is 0. The number of nitrogens with zero attached hydrogens (tertiary/aromatic N) is 2. The summed E-state index contributed by atoms with van der Waals surface area (Å²) in [6, 6.07) is 0.574. The first-order valence-corrected chi connectivity index (χ1v) is 12.2. The molecule has 4 rings (SSSR count). The largest absolute Gasteiger partial charge is 0.379 e. The van der Waals surface area contributed by atoms with Crippen molar-refractivity contribution in [2.45, 2.75) is 90.5 Å². The molecular formula is C25H46N2O3. The van der Waals surface area contributed by atoms with Gasteiger partial charge in [-0.1, -0.05) is 12.2 Å². The van der Waals surface area contributed by atoms with Crippen LogP contribution in [0.4, 0.5) is 0 Å². The molecule has 4 fully saturated rings. The van der Waals surface area contributed by atoms with Crippen molar-refractivity contribution in [3.05, 3.63) is 12.2 Å². The Morgan fingerprint density at radius 1 is 1.07 bits per heavy atom. The summed E-state index contributed by atoms with van der Waals surface area (Å²) in [4.78, 5) is 5.14. The minimum atomic E-state index is 0.321. The average Bonchev–Trinajstić information content (AvgIpc) is 3.23. The normalized spacial score (nSPS) is 31.2. The van der Waals surface area contributed by atoms with Gasteiger partial charge in [-0.3, -0.25) is 9.80 Å². The van der Waals surface area contributed by atoms with E-state index in [-0.39, 0.29) is 0 Å². The van der Waals surface area contributed by atoms with E-state index in [4.69, 9.17) is 14.2 Å². The van der Waals surface area contributed by atoms with Crippen molar-refractivity contribution in [2.24, 2.45) is 5.41 Å². The highest BCUT2D eigenvalue weighted by molar-refractivity contribution is 5.17. The minimum Gasteiger partial charge on any atom is -0.379 e. The third kappa shape index (κ3) is 6.52. The van der Waals surface area contributed by atoms with Crippen LogP contribution in [0, 0.1) is 5.41 Å². The lowest BCUT2D eigenvalue weighted by Gasteiger charge is -2.36. The summed E-state index contributed by atoms with van der Waals surface area (Å²) in [7, 11) is 0. The first-order chi connectivity index (χ1) is 14.2. The van der Waals surface area contributed by atoms with Crippen LogP contribution in [0.1, 0.15) is 66.7 Å². The van der Waals surface area contributed by atoms with Gasteiger partial charge in [-0.2, -0.15) is 0 Å². The molecule has 0 bridgehead atoms. The molecule has 1 saturated carbocycles. The van der Waals surface area contributed by atoms with Crippen LogP contribution in [0.2, 0.25) is 0 Å². The van der Waals surface area contributed by atoms with Crippen LogP contribution in [-0.4, -0.2) is 86.2 Å². The van der Waals surface area contributed by atoms with E-state index < -0.39 is 0 Å². The van der Waals surface area contributed by atoms with Crippen LogP contribution in [0.5, 0.6) is 0 Å². The molecule has 5 heteroatoms. The minimum absolute atomic E-state index is 0.321. The molecule has 3 saturated heterocycles. The number of morpholine rings is 1. The quantitative estimate of drug-likeness (QED) is 0.550. The summed E-state index contributed by atoms with van der Waals surface area (Å²) in [5.41, 5.74) is 2.18. The molecule has 0 aromatic carbocycles. The molecule has 5 nitrogen and oxygen atoms in total. The maximum Gasteiger partial charge on any atom is 0.0657 e. The molecule has 174 valence electrons. The second-order valence-electron chi connectivity index (χ2n) is 10.8. The van der Waals surface area contributed by atoms with Gasteiger partial charge in [0.05, 0.1) is 38.6 Å². The van der Waals surface area contributed by atoms with Crippen molar-refractivity contribution in [2.75, 3.05) is 52.6 Å². The number of hydrogen-bond donors (Lipinski definition) is 0. The number of ether oxygens (including phenoxy) is 3. The van der Waals surface area contributed by atoms with Gasteiger partial charge in [0.25, 0.3) is 0 Å². The van der Waals surface area contributed by atoms with Gasteiger partial charge in [-0.05, 0) is 73.3 Å². The zero-order valence-corrected chi connectivity index (χ0v) is 20.3. The average molecular weight is 423 g/mol. The van der Waals surface area contributed by atoms with E-state index in [1.165, 1.54) is 44.3 Å². The van der Waals surface area contributed by atoms with Crippen LogP contribution in [0.25, 0.3) is 0 Å². The van der Waals surface area contributed by atoms with Gasteiger partial charge in [0.2, 0.25) is 0 Å². The van der Waals surface area contributed by atoms with Gasteiger partial charge >= 0.3 is 0 Å². The highest BCUT2D eigenvalue weighted by atomic mass is 16.5. The van der Waals surface area contributed by atoms with E-state index >= 15 is 0 Å². The van der Waals surface area contributed by atoms with Crippen molar-refractivity contribution < 1.29 is 14.2 Å². The number of fused-ring (bicyclic) bond motifs is 1. The van der Waals surface area contributed by atoms with Gasteiger partial charge in [0.1, 0.15) is 0 Å². The third-order valence-electron chi connectivity index (χ3n) is 7.14. The molecule has 0 spiro atoms. The molecule has 2 atom stereocenters. The lowest BCUT2D eigenvalue weighted by molar-refractivity contribution is -0.0259. The lowest BCUT2D eigenvalue weighted by Crippen LogP contribution is -2.47. The van der Waals surface area contributed by atoms with Crippen molar-refractivity contribution in [1.29, 1.82) is 0 Å². The standard InChI is InChI=1S/C13H25NO2.C12H21NO/c1-11(2)16-10-13(4-5-13)9-14-6-7-15-8-12(14)3;1-10(2)14-9-12-5-4-6-13(12)8-11(3)7-12/h11-12H,4-10H2,1-3H3;10H,3-9H2,1-2H3. The first kappa shape index (κ1) is 24.2. The fraction of sp³-hybridized carbons (Fsp3) is 0.920. The Hall–Kier alpha value is -0.460. The van der Waals surface area contributed by atoms with E-state index in [0.717, 1.165) is 45.9 Å². The topological polar surface area (TPSA) is 34.2 Å². The molecule has 30 heavy (non-hydrogen) atoms. The highest BCUT2D eigenvalue weighted by Gasteiger charge is 2.46. The third-order valence-corrected chi connectivity index (χ3v) is 7.14. The van der Waals surface area contributed by atoms with Crippen LogP contribution >= 0.6 is 0 Å². The van der Waals surface area contributed by atoms with Gasteiger partial charge in [0, 0.05) is 36.6 Å². The van der Waals surface area contributed by atoms with Gasteiger partial charge < -0.3 is 14.2 Å². The molecule has 0 radical (unpaired) electrons. The van der Waals surface area contributed by atoms with Crippen molar-refractivity contribution in [3.8, 4) is 0 Å². The molecule has 2 unspecified atom stereocenters. The van der Waals surface area contributed by atoms with Crippen LogP contribution in [0.3, 0.4) is 0 Å². The van der Waals surface area contributed by atoms with Crippen LogP contribution in [-0.2, 0) is 14.2 Å². The second kappa shape index (κ2) is 10.4. The molecular weight excluding hydrogens is 376 g/mol. The molecule has 3 heterocycles. The SMILES string of the molecule is C=C1CN2CCCC2(COC(C)C)C1.CC(C)OCC1(CN2CCOCC2C)CC1. The molecule has 1 aliphatic carbocycles. The van der Waals surface area contributed by atoms with Crippen molar-refractivity contribution in [1.82, 2.24) is 9.80 Å². The zero-order chi connectivity index (χ0) is 21.8. The molecule has 0 aromatic heterocycles. The second-order valence-corrected chi connectivity index (χ2v) is 10.8. The van der Waals surface area contributed by atoms with E-state index in [9.17, 15) is 0 Å². The van der Waals surface area contributed by atoms with Gasteiger partial charge in [-0.15, -0.1) is 0 Å². The molecule has 3 aliphatic heterocycles. The highest BCUT2D eigenvalue weighted by Crippen LogP contribution is 2.47. The molecule has 0 amide bonds. The Bertz CT molecular complexity index is 561. The summed E-state index contributed by atoms with van der Waals surface area (Å²) >= 11 is 0. The van der Waals surface area contributed by atoms with Crippen molar-refractivity contribution >= 4 is 0 Å². The summed E-state index contributed by atoms with van der Waals surface area (Å²) in [6.07, 6.45) is 7.15. The zero-order valence-electron chi connectivity index (χ0n) is 20.3. The smallest absolute Gasteiger partial charge is 0.0657 e. The monoisotopic (exact) mass is 422 g/mol. The Morgan fingerprint density at radius 2 is 1.77 bits per heavy atom. The van der Waals surface area contributed by atoms with Crippen LogP contribution < -0.4 is 0 Å². The molecule has 0 aromatic rings. The maximum atomic E-state index is 5.80. The predicted octanol–water partition coefficient (Wildman–Crippen LogP) is 4.12. The summed E-state index contributed by atoms with van der Waals surface area (Å²) in [5.74, 6) is 0. The van der Waals surface area contributed by atoms with Crippen molar-refractivity contribution in [3.63, 3.8) is 0 Å². The molecule has 4 aliphatic rings. The Balaban J connectivity index is 0.000000172. The van der Waals surface area contributed by atoms with E-state index in [2.05, 4.69) is 51.0 Å². The Morgan fingerprint density at radius 3 is 2.40 bits per heavy atom. The lowest BCUT2D eigenvalue weighted by atomic mass is 9.94. The Kier molecular flexibility index (Phi) is 8.42.